The summed E-state index contributed by atoms with van der Waals surface area (Å²) in [5, 5.41) is 8.73. The lowest BCUT2D eigenvalue weighted by Gasteiger charge is -2.29. The second kappa shape index (κ2) is 5.38. The van der Waals surface area contributed by atoms with Crippen LogP contribution in [-0.2, 0) is 4.79 Å². The topological polar surface area (TPSA) is 37.3 Å². The summed E-state index contributed by atoms with van der Waals surface area (Å²) in [4.78, 5) is 10.6. The van der Waals surface area contributed by atoms with Gasteiger partial charge in [-0.25, -0.2) is 0 Å². The molecule has 0 aromatic carbocycles. The van der Waals surface area contributed by atoms with Crippen LogP contribution in [0.15, 0.2) is 0 Å². The van der Waals surface area contributed by atoms with E-state index in [1.165, 1.54) is 19.3 Å². The van der Waals surface area contributed by atoms with Crippen molar-refractivity contribution in [3.05, 3.63) is 0 Å². The van der Waals surface area contributed by atoms with E-state index in [0.29, 0.717) is 12.3 Å². The van der Waals surface area contributed by atoms with E-state index in [0.717, 1.165) is 24.7 Å². The number of carbonyl (C=O) groups is 1. The van der Waals surface area contributed by atoms with Crippen molar-refractivity contribution in [2.24, 2.45) is 17.8 Å². The van der Waals surface area contributed by atoms with E-state index >= 15 is 0 Å². The van der Waals surface area contributed by atoms with Gasteiger partial charge in [-0.05, 0) is 37.0 Å². The van der Waals surface area contributed by atoms with Gasteiger partial charge in [0.1, 0.15) is 0 Å². The summed E-state index contributed by atoms with van der Waals surface area (Å²) in [6.07, 6.45) is 6.47. The molecule has 2 atom stereocenters. The van der Waals surface area contributed by atoms with Crippen LogP contribution in [0, 0.1) is 17.8 Å². The van der Waals surface area contributed by atoms with Gasteiger partial charge in [-0.3, -0.25) is 4.79 Å². The second-order valence-electron chi connectivity index (χ2n) is 5.13. The average molecular weight is 198 g/mol. The van der Waals surface area contributed by atoms with Crippen molar-refractivity contribution >= 4 is 5.97 Å². The molecule has 2 nitrogen and oxygen atoms in total. The molecule has 0 bridgehead atoms. The molecule has 14 heavy (non-hydrogen) atoms. The fraction of sp³-hybridized carbons (Fsp3) is 0.917. The van der Waals surface area contributed by atoms with Gasteiger partial charge in [0, 0.05) is 6.42 Å². The lowest BCUT2D eigenvalue weighted by Crippen LogP contribution is -2.19. The molecule has 82 valence electrons. The summed E-state index contributed by atoms with van der Waals surface area (Å²) in [5.41, 5.74) is 0. The maximum atomic E-state index is 10.6. The predicted molar refractivity (Wildman–Crippen MR) is 57.2 cm³/mol. The van der Waals surface area contributed by atoms with Gasteiger partial charge >= 0.3 is 5.97 Å². The number of carboxylic acid groups (broad SMARTS) is 1. The molecule has 1 saturated carbocycles. The van der Waals surface area contributed by atoms with Gasteiger partial charge in [-0.1, -0.05) is 26.7 Å². The molecular weight excluding hydrogens is 176 g/mol. The van der Waals surface area contributed by atoms with E-state index in [-0.39, 0.29) is 0 Å². The maximum absolute atomic E-state index is 10.6. The molecule has 0 radical (unpaired) electrons. The SMILES string of the molecule is CC(C)CC1CCCC(CC(=O)O)C1. The Labute approximate surface area is 86.7 Å². The highest BCUT2D eigenvalue weighted by Gasteiger charge is 2.23. The van der Waals surface area contributed by atoms with Gasteiger partial charge < -0.3 is 5.11 Å². The first-order valence-electron chi connectivity index (χ1n) is 5.79. The average Bonchev–Trinajstić information content (AvgIpc) is 2.01. The molecular formula is C12H22O2. The molecule has 0 saturated heterocycles. The van der Waals surface area contributed by atoms with Crippen molar-refractivity contribution in [3.8, 4) is 0 Å². The molecule has 0 heterocycles. The van der Waals surface area contributed by atoms with Crippen LogP contribution in [0.3, 0.4) is 0 Å². The molecule has 0 amide bonds. The molecule has 2 heteroatoms. The van der Waals surface area contributed by atoms with Gasteiger partial charge in [0.15, 0.2) is 0 Å². The largest absolute Gasteiger partial charge is 0.481 e. The van der Waals surface area contributed by atoms with Crippen molar-refractivity contribution in [2.45, 2.75) is 52.4 Å². The van der Waals surface area contributed by atoms with Crippen molar-refractivity contribution < 1.29 is 9.90 Å². The predicted octanol–water partition coefficient (Wildman–Crippen LogP) is 3.31. The van der Waals surface area contributed by atoms with Crippen LogP contribution in [0.1, 0.15) is 52.4 Å². The zero-order valence-electron chi connectivity index (χ0n) is 9.33. The van der Waals surface area contributed by atoms with E-state index in [9.17, 15) is 4.79 Å². The van der Waals surface area contributed by atoms with Crippen LogP contribution in [-0.4, -0.2) is 11.1 Å². The Balaban J connectivity index is 2.32. The monoisotopic (exact) mass is 198 g/mol. The second-order valence-corrected chi connectivity index (χ2v) is 5.13. The summed E-state index contributed by atoms with van der Waals surface area (Å²) in [6.45, 7) is 4.50. The Kier molecular flexibility index (Phi) is 4.43. The number of carboxylic acids is 1. The Hall–Kier alpha value is -0.530. The Morgan fingerprint density at radius 3 is 2.57 bits per heavy atom. The highest BCUT2D eigenvalue weighted by molar-refractivity contribution is 5.67. The summed E-state index contributed by atoms with van der Waals surface area (Å²) >= 11 is 0. The van der Waals surface area contributed by atoms with E-state index in [2.05, 4.69) is 13.8 Å². The van der Waals surface area contributed by atoms with Crippen molar-refractivity contribution in [2.75, 3.05) is 0 Å². The summed E-state index contributed by atoms with van der Waals surface area (Å²) < 4.78 is 0. The summed E-state index contributed by atoms with van der Waals surface area (Å²) in [5.74, 6) is 1.36. The minimum atomic E-state index is -0.625. The van der Waals surface area contributed by atoms with Gasteiger partial charge in [0.05, 0.1) is 0 Å². The van der Waals surface area contributed by atoms with Crippen LogP contribution >= 0.6 is 0 Å². The quantitative estimate of drug-likeness (QED) is 0.752. The van der Waals surface area contributed by atoms with Crippen LogP contribution < -0.4 is 0 Å². The third-order valence-electron chi connectivity index (χ3n) is 3.16. The molecule has 0 spiro atoms. The van der Waals surface area contributed by atoms with Crippen LogP contribution in [0.4, 0.5) is 0 Å². The van der Waals surface area contributed by atoms with Gasteiger partial charge in [0.2, 0.25) is 0 Å². The van der Waals surface area contributed by atoms with E-state index in [1.807, 2.05) is 0 Å². The highest BCUT2D eigenvalue weighted by atomic mass is 16.4. The smallest absolute Gasteiger partial charge is 0.303 e. The zero-order valence-corrected chi connectivity index (χ0v) is 9.33. The Morgan fingerprint density at radius 2 is 2.00 bits per heavy atom. The van der Waals surface area contributed by atoms with Crippen molar-refractivity contribution in [1.82, 2.24) is 0 Å². The fourth-order valence-corrected chi connectivity index (χ4v) is 2.72. The first-order chi connectivity index (χ1) is 6.58. The van der Waals surface area contributed by atoms with Gasteiger partial charge in [0.25, 0.3) is 0 Å². The van der Waals surface area contributed by atoms with Crippen LogP contribution in [0.2, 0.25) is 0 Å². The number of hydrogen-bond acceptors (Lipinski definition) is 1. The standard InChI is InChI=1S/C12H22O2/c1-9(2)6-10-4-3-5-11(7-10)8-12(13)14/h9-11H,3-8H2,1-2H3,(H,13,14). The highest BCUT2D eigenvalue weighted by Crippen LogP contribution is 2.34. The first-order valence-corrected chi connectivity index (χ1v) is 5.79. The molecule has 1 aliphatic rings. The third-order valence-corrected chi connectivity index (χ3v) is 3.16. The summed E-state index contributed by atoms with van der Waals surface area (Å²) in [6, 6.07) is 0. The summed E-state index contributed by atoms with van der Waals surface area (Å²) in [7, 11) is 0. The lowest BCUT2D eigenvalue weighted by molar-refractivity contribution is -0.138. The van der Waals surface area contributed by atoms with E-state index in [4.69, 9.17) is 5.11 Å². The Bertz CT molecular complexity index is 187. The first kappa shape index (κ1) is 11.5. The normalized spacial score (nSPS) is 27.9. The van der Waals surface area contributed by atoms with E-state index < -0.39 is 5.97 Å². The molecule has 0 aromatic rings. The molecule has 0 aliphatic heterocycles. The fourth-order valence-electron chi connectivity index (χ4n) is 2.72. The van der Waals surface area contributed by atoms with Crippen LogP contribution in [0.5, 0.6) is 0 Å². The van der Waals surface area contributed by atoms with Crippen molar-refractivity contribution in [1.29, 1.82) is 0 Å². The molecule has 1 fully saturated rings. The number of hydrogen-bond donors (Lipinski definition) is 1. The maximum Gasteiger partial charge on any atom is 0.303 e. The molecule has 2 unspecified atom stereocenters. The van der Waals surface area contributed by atoms with Crippen molar-refractivity contribution in [3.63, 3.8) is 0 Å². The Morgan fingerprint density at radius 1 is 1.36 bits per heavy atom. The molecule has 1 aliphatic carbocycles. The minimum Gasteiger partial charge on any atom is -0.481 e. The zero-order chi connectivity index (χ0) is 10.6. The number of rotatable bonds is 4. The van der Waals surface area contributed by atoms with Gasteiger partial charge in [-0.15, -0.1) is 0 Å². The lowest BCUT2D eigenvalue weighted by atomic mass is 9.77. The van der Waals surface area contributed by atoms with Gasteiger partial charge in [-0.2, -0.15) is 0 Å². The van der Waals surface area contributed by atoms with Crippen LogP contribution in [0.25, 0.3) is 0 Å². The molecule has 1 N–H and O–H groups in total. The molecule has 0 aromatic heterocycles. The third kappa shape index (κ3) is 4.12. The van der Waals surface area contributed by atoms with E-state index in [1.54, 1.807) is 0 Å². The minimum absolute atomic E-state index is 0.384. The molecule has 1 rings (SSSR count). The number of aliphatic carboxylic acids is 1.